The Hall–Kier alpha value is -6.44. The first-order chi connectivity index (χ1) is 24.3. The van der Waals surface area contributed by atoms with Crippen LogP contribution in [-0.2, 0) is 0 Å². The van der Waals surface area contributed by atoms with Gasteiger partial charge in [0.15, 0.2) is 0 Å². The van der Waals surface area contributed by atoms with E-state index in [0.717, 1.165) is 27.3 Å². The van der Waals surface area contributed by atoms with Gasteiger partial charge in [-0.15, -0.1) is 0 Å². The summed E-state index contributed by atoms with van der Waals surface area (Å²) in [5.41, 5.74) is 11.6. The highest BCUT2D eigenvalue weighted by Crippen LogP contribution is 2.46. The molecule has 0 aliphatic heterocycles. The van der Waals surface area contributed by atoms with Crippen LogP contribution < -0.4 is 0 Å². The van der Waals surface area contributed by atoms with Crippen LogP contribution in [0.4, 0.5) is 0 Å². The lowest BCUT2D eigenvalue weighted by molar-refractivity contribution is 0.672. The first kappa shape index (κ1) is 27.7. The molecule has 10 rings (SSSR count). The molecule has 0 saturated heterocycles. The largest absolute Gasteiger partial charge is 0.455 e. The second-order valence-electron chi connectivity index (χ2n) is 12.8. The van der Waals surface area contributed by atoms with Crippen molar-refractivity contribution < 1.29 is 4.42 Å². The van der Waals surface area contributed by atoms with Gasteiger partial charge in [-0.25, -0.2) is 0 Å². The van der Waals surface area contributed by atoms with Crippen LogP contribution in [0.2, 0.25) is 0 Å². The van der Waals surface area contributed by atoms with Crippen molar-refractivity contribution in [1.29, 1.82) is 0 Å². The van der Waals surface area contributed by atoms with Gasteiger partial charge in [-0.1, -0.05) is 146 Å². The molecule has 0 amide bonds. The second-order valence-corrected chi connectivity index (χ2v) is 12.8. The summed E-state index contributed by atoms with van der Waals surface area (Å²) in [6.07, 6.45) is 0. The highest BCUT2D eigenvalue weighted by atomic mass is 16.3. The fraction of sp³-hybridized carbons (Fsp3) is 0. The number of rotatable bonds is 4. The molecule has 228 valence electrons. The minimum absolute atomic E-state index is 0.909. The van der Waals surface area contributed by atoms with Gasteiger partial charge in [-0.2, -0.15) is 0 Å². The van der Waals surface area contributed by atoms with Gasteiger partial charge in [0.05, 0.1) is 0 Å². The Morgan fingerprint density at radius 3 is 1.35 bits per heavy atom. The molecule has 0 bridgehead atoms. The number of hydrogen-bond acceptors (Lipinski definition) is 1. The van der Waals surface area contributed by atoms with Crippen LogP contribution in [0.3, 0.4) is 0 Å². The summed E-state index contributed by atoms with van der Waals surface area (Å²) in [6, 6.07) is 65.8. The Kier molecular flexibility index (Phi) is 6.25. The van der Waals surface area contributed by atoms with E-state index in [-0.39, 0.29) is 0 Å². The molecule has 0 radical (unpaired) electrons. The molecule has 10 aromatic rings. The van der Waals surface area contributed by atoms with E-state index in [1.807, 2.05) is 0 Å². The van der Waals surface area contributed by atoms with Gasteiger partial charge in [0, 0.05) is 16.2 Å². The maximum Gasteiger partial charge on any atom is 0.143 e. The molecule has 1 heterocycles. The van der Waals surface area contributed by atoms with Crippen LogP contribution in [0, 0.1) is 0 Å². The molecular formula is C48H30O. The maximum atomic E-state index is 6.50. The minimum Gasteiger partial charge on any atom is -0.455 e. The number of furan rings is 1. The third kappa shape index (κ3) is 4.47. The SMILES string of the molecule is c1ccc(-c2cc(-c3ccccc3)cc(-c3c4ccccc4c(-c4ccc5oc6c7ccccc7ccc6c5c4)c4ccccc34)c2)cc1. The van der Waals surface area contributed by atoms with Crippen LogP contribution in [0.25, 0.3) is 98.8 Å². The monoisotopic (exact) mass is 622 g/mol. The lowest BCUT2D eigenvalue weighted by Crippen LogP contribution is -1.92. The molecule has 49 heavy (non-hydrogen) atoms. The summed E-state index contributed by atoms with van der Waals surface area (Å²) in [4.78, 5) is 0. The molecular weight excluding hydrogens is 593 g/mol. The van der Waals surface area contributed by atoms with Gasteiger partial charge in [0.1, 0.15) is 11.2 Å². The van der Waals surface area contributed by atoms with Crippen LogP contribution in [0.5, 0.6) is 0 Å². The van der Waals surface area contributed by atoms with E-state index in [1.165, 1.54) is 71.4 Å². The summed E-state index contributed by atoms with van der Waals surface area (Å²) in [6.45, 7) is 0. The molecule has 1 aromatic heterocycles. The molecule has 0 saturated carbocycles. The van der Waals surface area contributed by atoms with Crippen molar-refractivity contribution in [2.45, 2.75) is 0 Å². The van der Waals surface area contributed by atoms with E-state index >= 15 is 0 Å². The van der Waals surface area contributed by atoms with Crippen LogP contribution in [0.15, 0.2) is 186 Å². The predicted molar refractivity (Wildman–Crippen MR) is 208 cm³/mol. The van der Waals surface area contributed by atoms with E-state index in [1.54, 1.807) is 0 Å². The summed E-state index contributed by atoms with van der Waals surface area (Å²) >= 11 is 0. The zero-order valence-corrected chi connectivity index (χ0v) is 26.7. The molecule has 0 aliphatic rings. The normalized spacial score (nSPS) is 11.7. The predicted octanol–water partition coefficient (Wildman–Crippen LogP) is 13.7. The average Bonchev–Trinajstić information content (AvgIpc) is 3.56. The van der Waals surface area contributed by atoms with Crippen LogP contribution >= 0.6 is 0 Å². The highest BCUT2D eigenvalue weighted by Gasteiger charge is 2.19. The first-order valence-electron chi connectivity index (χ1n) is 16.8. The Morgan fingerprint density at radius 2 is 0.755 bits per heavy atom. The third-order valence-corrected chi connectivity index (χ3v) is 10.0. The number of fused-ring (bicyclic) bond motifs is 7. The smallest absolute Gasteiger partial charge is 0.143 e. The maximum absolute atomic E-state index is 6.50. The lowest BCUT2D eigenvalue weighted by Gasteiger charge is -2.19. The van der Waals surface area contributed by atoms with Crippen molar-refractivity contribution >= 4 is 54.3 Å². The lowest BCUT2D eigenvalue weighted by atomic mass is 9.84. The summed E-state index contributed by atoms with van der Waals surface area (Å²) in [5.74, 6) is 0. The molecule has 0 aliphatic carbocycles. The molecule has 0 N–H and O–H groups in total. The Bertz CT molecular complexity index is 2750. The van der Waals surface area contributed by atoms with E-state index < -0.39 is 0 Å². The molecule has 0 unspecified atom stereocenters. The second kappa shape index (κ2) is 11.1. The Morgan fingerprint density at radius 1 is 0.265 bits per heavy atom. The fourth-order valence-corrected chi connectivity index (χ4v) is 7.78. The molecule has 0 atom stereocenters. The Balaban J connectivity index is 1.26. The van der Waals surface area contributed by atoms with E-state index in [4.69, 9.17) is 4.42 Å². The first-order valence-corrected chi connectivity index (χ1v) is 16.8. The van der Waals surface area contributed by atoms with Gasteiger partial charge < -0.3 is 4.42 Å². The quantitative estimate of drug-likeness (QED) is 0.178. The molecule has 1 nitrogen and oxygen atoms in total. The summed E-state index contributed by atoms with van der Waals surface area (Å²) < 4.78 is 6.50. The molecule has 0 fully saturated rings. The van der Waals surface area contributed by atoms with Crippen molar-refractivity contribution in [3.8, 4) is 44.5 Å². The minimum atomic E-state index is 0.909. The van der Waals surface area contributed by atoms with E-state index in [9.17, 15) is 0 Å². The van der Waals surface area contributed by atoms with Crippen molar-refractivity contribution in [1.82, 2.24) is 0 Å². The van der Waals surface area contributed by atoms with Crippen molar-refractivity contribution in [2.24, 2.45) is 0 Å². The zero-order valence-electron chi connectivity index (χ0n) is 26.7. The fourth-order valence-electron chi connectivity index (χ4n) is 7.78. The number of hydrogen-bond donors (Lipinski definition) is 0. The zero-order chi connectivity index (χ0) is 32.3. The molecule has 1 heteroatoms. The van der Waals surface area contributed by atoms with Crippen molar-refractivity contribution in [2.75, 3.05) is 0 Å². The summed E-state index contributed by atoms with van der Waals surface area (Å²) in [5, 5.41) is 9.57. The van der Waals surface area contributed by atoms with Gasteiger partial charge in [-0.05, 0) is 108 Å². The van der Waals surface area contributed by atoms with Gasteiger partial charge in [0.25, 0.3) is 0 Å². The molecule has 9 aromatic carbocycles. The topological polar surface area (TPSA) is 13.1 Å². The molecule has 0 spiro atoms. The highest BCUT2D eigenvalue weighted by molar-refractivity contribution is 6.23. The van der Waals surface area contributed by atoms with Crippen molar-refractivity contribution in [3.63, 3.8) is 0 Å². The van der Waals surface area contributed by atoms with E-state index in [2.05, 4.69) is 182 Å². The average molecular weight is 623 g/mol. The standard InChI is InChI=1S/C48H30O/c1-3-13-31(14-4-1)35-27-36(32-15-5-2-6-16-32)29-37(28-35)47-41-21-11-9-19-39(41)46(40-20-10-12-22-42(40)47)34-24-26-45-44(30-34)43-25-23-33-17-7-8-18-38(33)48(43)49-45/h1-30H. The number of benzene rings is 9. The van der Waals surface area contributed by atoms with Crippen LogP contribution in [0.1, 0.15) is 0 Å². The third-order valence-electron chi connectivity index (χ3n) is 10.0. The van der Waals surface area contributed by atoms with Gasteiger partial charge in [-0.3, -0.25) is 0 Å². The summed E-state index contributed by atoms with van der Waals surface area (Å²) in [7, 11) is 0. The van der Waals surface area contributed by atoms with Crippen molar-refractivity contribution in [3.05, 3.63) is 182 Å². The van der Waals surface area contributed by atoms with Crippen LogP contribution in [-0.4, -0.2) is 0 Å². The van der Waals surface area contributed by atoms with Gasteiger partial charge >= 0.3 is 0 Å². The Labute approximate surface area is 284 Å². The van der Waals surface area contributed by atoms with Gasteiger partial charge in [0.2, 0.25) is 0 Å². The van der Waals surface area contributed by atoms with E-state index in [0.29, 0.717) is 0 Å².